The van der Waals surface area contributed by atoms with Gasteiger partial charge in [0.25, 0.3) is 10.0 Å². The summed E-state index contributed by atoms with van der Waals surface area (Å²) < 4.78 is 74.1. The first-order valence-electron chi connectivity index (χ1n) is 17.7. The molecule has 2 amide bonds. The summed E-state index contributed by atoms with van der Waals surface area (Å²) in [7, 11) is -4.93. The van der Waals surface area contributed by atoms with Gasteiger partial charge in [-0.3, -0.25) is 77.7 Å². The van der Waals surface area contributed by atoms with Crippen LogP contribution in [0.4, 0.5) is 4.79 Å². The second-order valence-corrected chi connectivity index (χ2v) is 26.0. The van der Waals surface area contributed by atoms with Crippen LogP contribution in [0.2, 0.25) is 0 Å². The Morgan fingerprint density at radius 1 is 0.635 bits per heavy atom. The number of hydrogen-bond donors (Lipinski definition) is 3. The number of aromatic nitrogens is 2. The molecule has 0 spiro atoms. The number of methoxy groups -OCH3 is 2. The van der Waals surface area contributed by atoms with Crippen molar-refractivity contribution >= 4 is 93.9 Å². The van der Waals surface area contributed by atoms with Crippen molar-refractivity contribution in [2.75, 3.05) is 14.2 Å². The van der Waals surface area contributed by atoms with Gasteiger partial charge >= 0.3 is 6.03 Å². The average molecular weight is 1270 g/mol. The smallest absolute Gasteiger partial charge is 0.329 e. The number of halogens is 3. The van der Waals surface area contributed by atoms with Crippen LogP contribution in [0.25, 0.3) is 22.3 Å². The third-order valence-electron chi connectivity index (χ3n) is 7.78. The van der Waals surface area contributed by atoms with Crippen molar-refractivity contribution in [3.63, 3.8) is 0 Å². The van der Waals surface area contributed by atoms with E-state index in [4.69, 9.17) is 24.1 Å². The van der Waals surface area contributed by atoms with Gasteiger partial charge in [-0.2, -0.15) is 0 Å². The van der Waals surface area contributed by atoms with E-state index in [1.165, 1.54) is 24.5 Å². The predicted octanol–water partition coefficient (Wildman–Crippen LogP) is 10.9. The van der Waals surface area contributed by atoms with Gasteiger partial charge < -0.3 is 24.3 Å². The van der Waals surface area contributed by atoms with Crippen LogP contribution < -0.4 is 34.1 Å². The number of benzene rings is 4. The van der Waals surface area contributed by atoms with Crippen molar-refractivity contribution < 1.29 is 59.1 Å². The molecule has 0 aliphatic rings. The normalized spacial score (nSPS) is 10.8. The molecule has 0 saturated carbocycles. The number of pyridine rings is 2. The molecule has 14 nitrogen and oxygen atoms in total. The van der Waals surface area contributed by atoms with Gasteiger partial charge in [-0.1, -0.05) is 56.0 Å². The van der Waals surface area contributed by atoms with E-state index in [-0.39, 0.29) is 47.3 Å². The van der Waals surface area contributed by atoms with E-state index in [0.29, 0.717) is 11.5 Å². The number of sulfonamides is 2. The zero-order valence-electron chi connectivity index (χ0n) is 33.7. The Labute approximate surface area is 422 Å². The Kier molecular flexibility index (Phi) is 22.6. The second-order valence-electron chi connectivity index (χ2n) is 13.4. The average Bonchev–Trinajstić information content (AvgIpc) is 3.20. The summed E-state index contributed by atoms with van der Waals surface area (Å²) in [6, 6.07) is 31.7. The summed E-state index contributed by atoms with van der Waals surface area (Å²) in [6.45, 7) is 5.23. The van der Waals surface area contributed by atoms with E-state index >= 15 is 0 Å². The number of nitrogens with two attached hydrogens (primary N) is 1. The Bertz CT molecular complexity index is 2620. The first kappa shape index (κ1) is 55.4. The Hall–Kier alpha value is -3.72. The number of ether oxygens (including phenoxy) is 4. The van der Waals surface area contributed by atoms with Gasteiger partial charge in [-0.15, -0.1) is -0.0619 Å². The molecule has 0 saturated heterocycles. The molecule has 0 aliphatic carbocycles. The van der Waals surface area contributed by atoms with Gasteiger partial charge in [0.2, 0.25) is 10.0 Å². The summed E-state index contributed by atoms with van der Waals surface area (Å²) in [6.07, 6.45) is 5.15. The molecule has 4 aromatic carbocycles. The number of hydrogen-bond acceptors (Lipinski definition) is 11. The van der Waals surface area contributed by atoms with Crippen molar-refractivity contribution in [2.24, 2.45) is 5.14 Å². The molecule has 6 aromatic rings. The van der Waals surface area contributed by atoms with Gasteiger partial charge in [0.05, 0.1) is 26.6 Å². The monoisotopic (exact) mass is 1270 g/mol. The fraction of sp³-hybridized carbons (Fsp3) is 0.163. The molecule has 0 atom stereocenters. The first-order valence-corrected chi connectivity index (χ1v) is 24.0. The van der Waals surface area contributed by atoms with E-state index in [0.717, 1.165) is 46.1 Å². The van der Waals surface area contributed by atoms with Crippen molar-refractivity contribution in [3.8, 4) is 56.8 Å². The zero-order chi connectivity index (χ0) is 44.8. The fourth-order valence-electron chi connectivity index (χ4n) is 5.16. The Morgan fingerprint density at radius 3 is 1.41 bits per heavy atom. The van der Waals surface area contributed by atoms with E-state index in [2.05, 4.69) is 83.1 Å². The minimum atomic E-state index is -4.22. The molecular formula is C43H45I3N5O9S2V-. The second kappa shape index (κ2) is 25.7. The number of carbonyl (C=O) groups is 1. The summed E-state index contributed by atoms with van der Waals surface area (Å²) in [4.78, 5) is 19.3. The number of nitrogens with zero attached hydrogens (tertiary/aromatic N) is 2. The van der Waals surface area contributed by atoms with Crippen molar-refractivity contribution in [1.82, 2.24) is 20.0 Å². The van der Waals surface area contributed by atoms with Gasteiger partial charge in [0.15, 0.2) is 11.5 Å². The summed E-state index contributed by atoms with van der Waals surface area (Å²) in [5.41, 5.74) is 3.13. The Morgan fingerprint density at radius 2 is 1.03 bits per heavy atom. The minimum absolute atomic E-state index is 0. The van der Waals surface area contributed by atoms with Crippen LogP contribution in [0.3, 0.4) is 0 Å². The molecule has 4 N–H and O–H groups in total. The molecular weight excluding hydrogens is 1230 g/mol. The van der Waals surface area contributed by atoms with Crippen LogP contribution in [0.1, 0.15) is 28.2 Å². The summed E-state index contributed by atoms with van der Waals surface area (Å²) in [5, 5.41) is 7.75. The predicted molar refractivity (Wildman–Crippen MR) is 267 cm³/mol. The standard InChI is InChI=1S/C23H25N3O5S.C18H16N2O4S.CI3.CH4.V/c1-23(2,3)25-22(27)26-32(28,29)21-15-24-13-12-20(21)31-19-7-5-6-17(14-19)16-8-10-18(30-4)11-9-16;1-23-15-7-5-13(6-8-15)14-3-2-4-16(11-14)24-17-9-10-20-12-18(17)25(19,21)22;2-1(3)4;;/h5-15H,1-4H3,(H2,25,26,27);2-12H,1H3,(H2,19,21,22);;1H4;/q;;-1;;. The van der Waals surface area contributed by atoms with Crippen molar-refractivity contribution in [3.05, 3.63) is 134 Å². The van der Waals surface area contributed by atoms with E-state index < -0.39 is 31.6 Å². The Balaban J connectivity index is 0.000000396. The third kappa shape index (κ3) is 18.4. The zero-order valence-corrected chi connectivity index (χ0v) is 43.2. The number of nitrogens with one attached hydrogen (secondary N) is 2. The maximum Gasteiger partial charge on any atom is 0.329 e. The quantitative estimate of drug-likeness (QED) is 0.0824. The third-order valence-corrected chi connectivity index (χ3v) is 10.0. The molecule has 335 valence electrons. The van der Waals surface area contributed by atoms with E-state index in [9.17, 15) is 21.6 Å². The fourth-order valence-corrected chi connectivity index (χ4v) is 6.74. The van der Waals surface area contributed by atoms with Crippen LogP contribution >= 0.6 is 67.8 Å². The summed E-state index contributed by atoms with van der Waals surface area (Å²) >= 11 is 6.70. The maximum absolute atomic E-state index is 12.8. The van der Waals surface area contributed by atoms with Gasteiger partial charge in [-0.25, -0.2) is 31.5 Å². The molecule has 1 radical (unpaired) electrons. The molecule has 0 bridgehead atoms. The SMILES string of the molecule is C.COc1ccc(-c2cccc(Oc3ccncc3S(=O)(=O)NC(=O)NC(C)(C)C)c2)cc1.COc1ccc(-c2cccc(Oc3ccncc3S(N)(=O)=O)c2)cc1.I[C-](I)I.[V]. The molecule has 2 aromatic heterocycles. The maximum atomic E-state index is 12.8. The number of carbonyl (C=O) groups excluding carboxylic acids is 1. The molecule has 0 fully saturated rings. The van der Waals surface area contributed by atoms with Gasteiger partial charge in [-0.05, 0) is 91.6 Å². The van der Waals surface area contributed by atoms with Gasteiger partial charge in [0.1, 0.15) is 32.8 Å². The van der Waals surface area contributed by atoms with Crippen molar-refractivity contribution in [2.45, 2.75) is 43.5 Å². The number of amides is 2. The van der Waals surface area contributed by atoms with Crippen LogP contribution in [0.5, 0.6) is 34.5 Å². The van der Waals surface area contributed by atoms with Gasteiger partial charge in [0, 0.05) is 48.6 Å². The van der Waals surface area contributed by atoms with Crippen LogP contribution in [-0.4, -0.2) is 52.6 Å². The van der Waals surface area contributed by atoms with Crippen LogP contribution in [-0.2, 0) is 38.6 Å². The van der Waals surface area contributed by atoms with Crippen molar-refractivity contribution in [1.29, 1.82) is 0 Å². The number of rotatable bonds is 11. The first-order chi connectivity index (χ1) is 28.8. The molecule has 6 rings (SSSR count). The van der Waals surface area contributed by atoms with Crippen LogP contribution in [0, 0.1) is -0.0619 Å². The largest absolute Gasteiger partial charge is 0.497 e. The minimum Gasteiger partial charge on any atom is -0.497 e. The topological polar surface area (TPSA) is 198 Å². The summed E-state index contributed by atoms with van der Waals surface area (Å²) in [5.74, 6) is 2.61. The number of urea groups is 1. The molecule has 20 heteroatoms. The molecule has 0 unspecified atom stereocenters. The van der Waals surface area contributed by atoms with Crippen LogP contribution in [0.15, 0.2) is 144 Å². The number of primary sulfonamides is 1. The van der Waals surface area contributed by atoms with E-state index in [1.54, 1.807) is 59.3 Å². The molecule has 0 aliphatic heterocycles. The van der Waals surface area contributed by atoms with E-state index in [1.807, 2.05) is 77.5 Å². The molecule has 63 heavy (non-hydrogen) atoms. The molecule has 2 heterocycles.